The minimum absolute atomic E-state index is 0.0564. The summed E-state index contributed by atoms with van der Waals surface area (Å²) in [6, 6.07) is 4.63. The van der Waals surface area contributed by atoms with E-state index in [0.29, 0.717) is 6.54 Å². The first kappa shape index (κ1) is 16.0. The number of benzene rings is 1. The highest BCUT2D eigenvalue weighted by atomic mass is 32.2. The number of hydrogen-bond acceptors (Lipinski definition) is 6. The molecule has 8 heteroatoms. The van der Waals surface area contributed by atoms with E-state index in [1.165, 1.54) is 6.07 Å². The molecule has 21 heavy (non-hydrogen) atoms. The topological polar surface area (TPSA) is 111 Å². The van der Waals surface area contributed by atoms with Crippen LogP contribution in [0.4, 0.5) is 11.4 Å². The van der Waals surface area contributed by atoms with Crippen LogP contribution in [-0.4, -0.2) is 52.2 Å². The van der Waals surface area contributed by atoms with Crippen molar-refractivity contribution in [1.29, 1.82) is 0 Å². The molecule has 1 aliphatic rings. The van der Waals surface area contributed by atoms with E-state index < -0.39 is 10.0 Å². The van der Waals surface area contributed by atoms with Crippen LogP contribution in [-0.2, 0) is 14.8 Å². The van der Waals surface area contributed by atoms with Crippen molar-refractivity contribution in [3.05, 3.63) is 18.2 Å². The Labute approximate surface area is 125 Å². The van der Waals surface area contributed by atoms with Gasteiger partial charge in [0.15, 0.2) is 0 Å². The molecule has 1 aromatic carbocycles. The third-order valence-corrected chi connectivity index (χ3v) is 4.51. The van der Waals surface area contributed by atoms with Crippen molar-refractivity contribution in [2.75, 3.05) is 43.8 Å². The highest BCUT2D eigenvalue weighted by Gasteiger charge is 2.19. The van der Waals surface area contributed by atoms with E-state index in [-0.39, 0.29) is 16.7 Å². The molecule has 1 saturated heterocycles. The Hall–Kier alpha value is -1.35. The van der Waals surface area contributed by atoms with Crippen molar-refractivity contribution < 1.29 is 13.2 Å². The molecular weight excluding hydrogens is 292 g/mol. The second-order valence-corrected chi connectivity index (χ2v) is 6.59. The fraction of sp³-hybridized carbons (Fsp3) is 0.538. The van der Waals surface area contributed by atoms with Gasteiger partial charge in [0.2, 0.25) is 10.0 Å². The number of anilines is 2. The zero-order chi connectivity index (χ0) is 15.5. The summed E-state index contributed by atoms with van der Waals surface area (Å²) in [4.78, 5) is 2.27. The van der Waals surface area contributed by atoms with E-state index >= 15 is 0 Å². The van der Waals surface area contributed by atoms with E-state index in [2.05, 4.69) is 17.1 Å². The van der Waals surface area contributed by atoms with Crippen LogP contribution in [0.1, 0.15) is 6.92 Å². The van der Waals surface area contributed by atoms with Crippen LogP contribution in [0.15, 0.2) is 23.1 Å². The van der Waals surface area contributed by atoms with Crippen molar-refractivity contribution in [3.63, 3.8) is 0 Å². The van der Waals surface area contributed by atoms with Crippen molar-refractivity contribution >= 4 is 21.4 Å². The van der Waals surface area contributed by atoms with Crippen LogP contribution >= 0.6 is 0 Å². The highest BCUT2D eigenvalue weighted by Crippen LogP contribution is 2.21. The number of nitrogens with two attached hydrogens (primary N) is 2. The van der Waals surface area contributed by atoms with Crippen LogP contribution in [0, 0.1) is 0 Å². The SMILES string of the molecule is CCN1CCOC(CNc2ccc(S(N)(=O)=O)c(N)c2)C1. The van der Waals surface area contributed by atoms with Crippen LogP contribution < -0.4 is 16.2 Å². The van der Waals surface area contributed by atoms with Gasteiger partial charge in [0.05, 0.1) is 18.4 Å². The molecule has 0 spiro atoms. The van der Waals surface area contributed by atoms with Gasteiger partial charge in [-0.15, -0.1) is 0 Å². The van der Waals surface area contributed by atoms with Gasteiger partial charge >= 0.3 is 0 Å². The van der Waals surface area contributed by atoms with Crippen LogP contribution in [0.25, 0.3) is 0 Å². The smallest absolute Gasteiger partial charge is 0.240 e. The first-order valence-corrected chi connectivity index (χ1v) is 8.45. The quantitative estimate of drug-likeness (QED) is 0.662. The highest BCUT2D eigenvalue weighted by molar-refractivity contribution is 7.89. The Morgan fingerprint density at radius 2 is 2.24 bits per heavy atom. The molecule has 1 atom stereocenters. The number of primary sulfonamides is 1. The molecular formula is C13H22N4O3S. The average molecular weight is 314 g/mol. The van der Waals surface area contributed by atoms with E-state index in [4.69, 9.17) is 15.6 Å². The lowest BCUT2D eigenvalue weighted by molar-refractivity contribution is -0.0191. The molecule has 1 unspecified atom stereocenters. The molecule has 0 amide bonds. The molecule has 7 nitrogen and oxygen atoms in total. The molecule has 0 radical (unpaired) electrons. The Morgan fingerprint density at radius 1 is 1.48 bits per heavy atom. The van der Waals surface area contributed by atoms with Crippen molar-refractivity contribution in [2.45, 2.75) is 17.9 Å². The molecule has 118 valence electrons. The van der Waals surface area contributed by atoms with Crippen molar-refractivity contribution in [3.8, 4) is 0 Å². The van der Waals surface area contributed by atoms with Crippen LogP contribution in [0.2, 0.25) is 0 Å². The summed E-state index contributed by atoms with van der Waals surface area (Å²) in [6.45, 7) is 6.35. The number of hydrogen-bond donors (Lipinski definition) is 3. The lowest BCUT2D eigenvalue weighted by Gasteiger charge is -2.32. The predicted molar refractivity (Wildman–Crippen MR) is 82.6 cm³/mol. The Morgan fingerprint density at radius 3 is 2.86 bits per heavy atom. The Bertz CT molecular complexity index is 591. The van der Waals surface area contributed by atoms with Gasteiger partial charge in [0, 0.05) is 25.3 Å². The number of nitrogens with one attached hydrogen (secondary N) is 1. The third kappa shape index (κ3) is 4.31. The largest absolute Gasteiger partial charge is 0.398 e. The van der Waals surface area contributed by atoms with Gasteiger partial charge in [0.1, 0.15) is 4.90 Å². The summed E-state index contributed by atoms with van der Waals surface area (Å²) >= 11 is 0. The maximum atomic E-state index is 11.3. The summed E-state index contributed by atoms with van der Waals surface area (Å²) in [5.41, 5.74) is 6.61. The van der Waals surface area contributed by atoms with Gasteiger partial charge in [-0.1, -0.05) is 6.92 Å². The van der Waals surface area contributed by atoms with Crippen LogP contribution in [0.3, 0.4) is 0 Å². The maximum Gasteiger partial charge on any atom is 0.240 e. The fourth-order valence-corrected chi connectivity index (χ4v) is 2.99. The molecule has 5 N–H and O–H groups in total. The Balaban J connectivity index is 1.96. The number of likely N-dealkylation sites (N-methyl/N-ethyl adjacent to an activating group) is 1. The molecule has 0 saturated carbocycles. The second-order valence-electron chi connectivity index (χ2n) is 5.06. The molecule has 0 aromatic heterocycles. The second kappa shape index (κ2) is 6.61. The number of sulfonamides is 1. The first-order chi connectivity index (χ1) is 9.90. The van der Waals surface area contributed by atoms with E-state index in [9.17, 15) is 8.42 Å². The maximum absolute atomic E-state index is 11.3. The minimum atomic E-state index is -3.78. The van der Waals surface area contributed by atoms with Crippen molar-refractivity contribution in [1.82, 2.24) is 4.90 Å². The average Bonchev–Trinajstić information content (AvgIpc) is 2.44. The number of morpholine rings is 1. The zero-order valence-corrected chi connectivity index (χ0v) is 12.9. The first-order valence-electron chi connectivity index (χ1n) is 6.90. The molecule has 2 rings (SSSR count). The summed E-state index contributed by atoms with van der Waals surface area (Å²) < 4.78 is 28.3. The third-order valence-electron chi connectivity index (χ3n) is 3.52. The normalized spacial score (nSPS) is 20.4. The molecule has 1 aromatic rings. The molecule has 1 fully saturated rings. The van der Waals surface area contributed by atoms with Crippen LogP contribution in [0.5, 0.6) is 0 Å². The predicted octanol–water partition coefficient (Wildman–Crippen LogP) is 0.0488. The fourth-order valence-electron chi connectivity index (χ4n) is 2.34. The van der Waals surface area contributed by atoms with Gasteiger partial charge in [-0.05, 0) is 24.7 Å². The van der Waals surface area contributed by atoms with Gasteiger partial charge in [0.25, 0.3) is 0 Å². The molecule has 0 aliphatic carbocycles. The monoisotopic (exact) mass is 314 g/mol. The Kier molecular flexibility index (Phi) is 5.04. The summed E-state index contributed by atoms with van der Waals surface area (Å²) in [5.74, 6) is 0. The van der Waals surface area contributed by atoms with E-state index in [1.807, 2.05) is 0 Å². The van der Waals surface area contributed by atoms with Crippen molar-refractivity contribution in [2.24, 2.45) is 5.14 Å². The standard InChI is InChI=1S/C13H22N4O3S/c1-2-17-5-6-20-11(9-17)8-16-10-3-4-13(12(14)7-10)21(15,18)19/h3-4,7,11,16H,2,5-6,8-9,14H2,1H3,(H2,15,18,19). The lowest BCUT2D eigenvalue weighted by atomic mass is 10.2. The summed E-state index contributed by atoms with van der Waals surface area (Å²) in [6.07, 6.45) is 0.109. The number of ether oxygens (including phenoxy) is 1. The lowest BCUT2D eigenvalue weighted by Crippen LogP contribution is -2.45. The van der Waals surface area contributed by atoms with Gasteiger partial charge < -0.3 is 15.8 Å². The van der Waals surface area contributed by atoms with E-state index in [0.717, 1.165) is 31.9 Å². The number of rotatable bonds is 5. The molecule has 1 aliphatic heterocycles. The summed E-state index contributed by atoms with van der Waals surface area (Å²) in [7, 11) is -3.78. The van der Waals surface area contributed by atoms with Gasteiger partial charge in [-0.2, -0.15) is 0 Å². The molecule has 0 bridgehead atoms. The minimum Gasteiger partial charge on any atom is -0.398 e. The molecule has 1 heterocycles. The van der Waals surface area contributed by atoms with Gasteiger partial charge in [-0.25, -0.2) is 13.6 Å². The number of nitrogens with zero attached hydrogens (tertiary/aromatic N) is 1. The summed E-state index contributed by atoms with van der Waals surface area (Å²) in [5, 5.41) is 8.29. The zero-order valence-electron chi connectivity index (χ0n) is 12.1. The van der Waals surface area contributed by atoms with E-state index in [1.54, 1.807) is 12.1 Å². The number of nitrogen functional groups attached to an aromatic ring is 1. The van der Waals surface area contributed by atoms with Gasteiger partial charge in [-0.3, -0.25) is 4.90 Å².